The fraction of sp³-hybridized carbons (Fsp3) is 0.412. The van der Waals surface area contributed by atoms with Crippen LogP contribution in [-0.4, -0.2) is 32.9 Å². The molecule has 0 saturated carbocycles. The highest BCUT2D eigenvalue weighted by atomic mass is 16.5. The van der Waals surface area contributed by atoms with E-state index in [9.17, 15) is 9.59 Å². The van der Waals surface area contributed by atoms with Crippen molar-refractivity contribution in [2.24, 2.45) is 0 Å². The van der Waals surface area contributed by atoms with Gasteiger partial charge < -0.3 is 4.74 Å². The first-order valence-electron chi connectivity index (χ1n) is 7.67. The molecule has 1 unspecified atom stereocenters. The minimum absolute atomic E-state index is 0.192. The van der Waals surface area contributed by atoms with Gasteiger partial charge in [-0.05, 0) is 20.3 Å². The molecule has 6 heteroatoms. The quantitative estimate of drug-likeness (QED) is 0.605. The van der Waals surface area contributed by atoms with Crippen molar-refractivity contribution < 1.29 is 14.3 Å². The number of hydrogen-bond acceptors (Lipinski definition) is 5. The second kappa shape index (κ2) is 7.17. The molecule has 6 nitrogen and oxygen atoms in total. The van der Waals surface area contributed by atoms with Crippen molar-refractivity contribution in [1.82, 2.24) is 15.0 Å². The summed E-state index contributed by atoms with van der Waals surface area (Å²) >= 11 is 0. The van der Waals surface area contributed by atoms with E-state index in [1.165, 1.54) is 11.6 Å². The Morgan fingerprint density at radius 1 is 1.22 bits per heavy atom. The number of aromatic nitrogens is 3. The third-order valence-corrected chi connectivity index (χ3v) is 3.38. The molecule has 1 atom stereocenters. The molecule has 1 heterocycles. The molecule has 1 aromatic carbocycles. The minimum atomic E-state index is -0.617. The van der Waals surface area contributed by atoms with Crippen molar-refractivity contribution in [2.45, 2.75) is 46.3 Å². The van der Waals surface area contributed by atoms with Crippen LogP contribution in [-0.2, 0) is 9.53 Å². The molecule has 0 N–H and O–H groups in total. The van der Waals surface area contributed by atoms with Gasteiger partial charge in [0.25, 0.3) is 0 Å². The first-order valence-corrected chi connectivity index (χ1v) is 7.67. The summed E-state index contributed by atoms with van der Waals surface area (Å²) in [4.78, 5) is 24.2. The second-order valence-electron chi connectivity index (χ2n) is 5.56. The summed E-state index contributed by atoms with van der Waals surface area (Å²) in [6.07, 6.45) is 0.277. The van der Waals surface area contributed by atoms with Crippen LogP contribution in [0.25, 0.3) is 11.3 Å². The van der Waals surface area contributed by atoms with E-state index in [1.54, 1.807) is 13.8 Å². The van der Waals surface area contributed by atoms with Gasteiger partial charge in [-0.2, -0.15) is 0 Å². The van der Waals surface area contributed by atoms with Gasteiger partial charge in [-0.25, -0.2) is 9.48 Å². The summed E-state index contributed by atoms with van der Waals surface area (Å²) in [6.45, 7) is 6.90. The SMILES string of the molecule is CCC(C(=O)OC(C)C)n1nnc(C(C)=O)c1-c1ccccc1. The normalized spacial score (nSPS) is 12.2. The predicted octanol–water partition coefficient (Wildman–Crippen LogP) is 3.05. The minimum Gasteiger partial charge on any atom is -0.461 e. The highest BCUT2D eigenvalue weighted by Gasteiger charge is 2.28. The number of Topliss-reactive ketones (excluding diaryl/α,β-unsaturated/α-hetero) is 1. The predicted molar refractivity (Wildman–Crippen MR) is 86.0 cm³/mol. The lowest BCUT2D eigenvalue weighted by Crippen LogP contribution is -2.25. The molecule has 122 valence electrons. The number of ether oxygens (including phenoxy) is 1. The van der Waals surface area contributed by atoms with Crippen LogP contribution in [0.5, 0.6) is 0 Å². The van der Waals surface area contributed by atoms with Gasteiger partial charge in [0.15, 0.2) is 17.5 Å². The Morgan fingerprint density at radius 3 is 2.39 bits per heavy atom. The first kappa shape index (κ1) is 16.9. The molecular weight excluding hydrogens is 294 g/mol. The molecule has 0 bridgehead atoms. The summed E-state index contributed by atoms with van der Waals surface area (Å²) in [5.41, 5.74) is 1.59. The van der Waals surface area contributed by atoms with Crippen molar-refractivity contribution in [2.75, 3.05) is 0 Å². The Hall–Kier alpha value is -2.50. The maximum atomic E-state index is 12.4. The second-order valence-corrected chi connectivity index (χ2v) is 5.56. The van der Waals surface area contributed by atoms with Crippen LogP contribution in [0.2, 0.25) is 0 Å². The van der Waals surface area contributed by atoms with Crippen LogP contribution in [0.4, 0.5) is 0 Å². The number of esters is 1. The standard InChI is InChI=1S/C17H21N3O3/c1-5-14(17(22)23-11(2)3)20-16(13-9-7-6-8-10-13)15(12(4)21)18-19-20/h6-11,14H,5H2,1-4H3. The molecule has 0 spiro atoms. The summed E-state index contributed by atoms with van der Waals surface area (Å²) in [7, 11) is 0. The lowest BCUT2D eigenvalue weighted by molar-refractivity contribution is -0.151. The van der Waals surface area contributed by atoms with Crippen molar-refractivity contribution >= 4 is 11.8 Å². The van der Waals surface area contributed by atoms with Gasteiger partial charge in [0.2, 0.25) is 0 Å². The van der Waals surface area contributed by atoms with Gasteiger partial charge in [-0.3, -0.25) is 4.79 Å². The zero-order valence-electron chi connectivity index (χ0n) is 13.8. The van der Waals surface area contributed by atoms with Gasteiger partial charge in [0, 0.05) is 12.5 Å². The first-order chi connectivity index (χ1) is 11.0. The lowest BCUT2D eigenvalue weighted by atomic mass is 10.1. The Balaban J connectivity index is 2.54. The van der Waals surface area contributed by atoms with E-state index in [0.717, 1.165) is 5.56 Å². The molecule has 0 aliphatic rings. The van der Waals surface area contributed by atoms with Crippen molar-refractivity contribution in [3.63, 3.8) is 0 Å². The van der Waals surface area contributed by atoms with Crippen LogP contribution in [0.15, 0.2) is 30.3 Å². The monoisotopic (exact) mass is 315 g/mol. The Labute approximate surface area is 135 Å². The molecule has 1 aromatic heterocycles. The maximum Gasteiger partial charge on any atom is 0.331 e. The average molecular weight is 315 g/mol. The topological polar surface area (TPSA) is 74.1 Å². The fourth-order valence-electron chi connectivity index (χ4n) is 2.36. The summed E-state index contributed by atoms with van der Waals surface area (Å²) in [6, 6.07) is 8.72. The van der Waals surface area contributed by atoms with E-state index >= 15 is 0 Å². The number of rotatable bonds is 6. The van der Waals surface area contributed by atoms with Crippen molar-refractivity contribution in [3.8, 4) is 11.3 Å². The van der Waals surface area contributed by atoms with Crippen LogP contribution in [0.3, 0.4) is 0 Å². The van der Waals surface area contributed by atoms with Gasteiger partial charge in [0.1, 0.15) is 5.69 Å². The Morgan fingerprint density at radius 2 is 1.87 bits per heavy atom. The van der Waals surface area contributed by atoms with Crippen LogP contribution in [0.1, 0.15) is 50.6 Å². The van der Waals surface area contributed by atoms with Gasteiger partial charge in [-0.1, -0.05) is 42.5 Å². The number of benzene rings is 1. The van der Waals surface area contributed by atoms with Gasteiger partial charge in [0.05, 0.1) is 6.10 Å². The summed E-state index contributed by atoms with van der Waals surface area (Å²) in [5, 5.41) is 8.04. The number of carbonyl (C=O) groups is 2. The third kappa shape index (κ3) is 3.64. The molecule has 0 radical (unpaired) electrons. The molecule has 0 saturated heterocycles. The van der Waals surface area contributed by atoms with Crippen LogP contribution in [0, 0.1) is 0 Å². The Bertz CT molecular complexity index is 692. The van der Waals surface area contributed by atoms with E-state index in [2.05, 4.69) is 10.3 Å². The lowest BCUT2D eigenvalue weighted by Gasteiger charge is -2.18. The van der Waals surface area contributed by atoms with Gasteiger partial charge >= 0.3 is 5.97 Å². The molecule has 0 aliphatic carbocycles. The largest absolute Gasteiger partial charge is 0.461 e. The van der Waals surface area contributed by atoms with Crippen LogP contribution < -0.4 is 0 Å². The van der Waals surface area contributed by atoms with E-state index in [1.807, 2.05) is 37.3 Å². The molecule has 0 aliphatic heterocycles. The smallest absolute Gasteiger partial charge is 0.331 e. The number of nitrogens with zero attached hydrogens (tertiary/aromatic N) is 3. The third-order valence-electron chi connectivity index (χ3n) is 3.38. The Kier molecular flexibility index (Phi) is 5.26. The number of carbonyl (C=O) groups excluding carboxylic acids is 2. The van der Waals surface area contributed by atoms with Crippen LogP contribution >= 0.6 is 0 Å². The molecule has 23 heavy (non-hydrogen) atoms. The zero-order valence-corrected chi connectivity index (χ0v) is 13.8. The molecule has 2 rings (SSSR count). The zero-order chi connectivity index (χ0) is 17.0. The van der Waals surface area contributed by atoms with Crippen molar-refractivity contribution in [1.29, 1.82) is 0 Å². The molecule has 0 fully saturated rings. The number of ketones is 1. The van der Waals surface area contributed by atoms with E-state index < -0.39 is 6.04 Å². The van der Waals surface area contributed by atoms with E-state index in [-0.39, 0.29) is 23.6 Å². The molecule has 2 aromatic rings. The van der Waals surface area contributed by atoms with Gasteiger partial charge in [-0.15, -0.1) is 5.10 Å². The summed E-state index contributed by atoms with van der Waals surface area (Å²) in [5.74, 6) is -0.568. The fourth-order valence-corrected chi connectivity index (χ4v) is 2.36. The van der Waals surface area contributed by atoms with E-state index in [4.69, 9.17) is 4.74 Å². The summed E-state index contributed by atoms with van der Waals surface area (Å²) < 4.78 is 6.80. The highest BCUT2D eigenvalue weighted by Crippen LogP contribution is 2.27. The average Bonchev–Trinajstić information content (AvgIpc) is 2.93. The van der Waals surface area contributed by atoms with Crippen molar-refractivity contribution in [3.05, 3.63) is 36.0 Å². The molecule has 0 amide bonds. The maximum absolute atomic E-state index is 12.4. The van der Waals surface area contributed by atoms with E-state index in [0.29, 0.717) is 12.1 Å². The molecular formula is C17H21N3O3. The highest BCUT2D eigenvalue weighted by molar-refractivity contribution is 5.98. The number of hydrogen-bond donors (Lipinski definition) is 0.